The van der Waals surface area contributed by atoms with E-state index < -0.39 is 0 Å². The molecule has 0 spiro atoms. The van der Waals surface area contributed by atoms with Crippen molar-refractivity contribution in [3.05, 3.63) is 64.9 Å². The molecule has 0 aliphatic heterocycles. The summed E-state index contributed by atoms with van der Waals surface area (Å²) in [7, 11) is 0. The molecule has 1 saturated carbocycles. The van der Waals surface area contributed by atoms with Crippen LogP contribution < -0.4 is 0 Å². The van der Waals surface area contributed by atoms with E-state index in [2.05, 4.69) is 11.9 Å². The van der Waals surface area contributed by atoms with Crippen LogP contribution in [0.5, 0.6) is 0 Å². The van der Waals surface area contributed by atoms with E-state index in [1.54, 1.807) is 18.3 Å². The van der Waals surface area contributed by atoms with Gasteiger partial charge in [-0.05, 0) is 49.6 Å². The van der Waals surface area contributed by atoms with E-state index in [9.17, 15) is 4.79 Å². The van der Waals surface area contributed by atoms with E-state index in [0.717, 1.165) is 18.4 Å². The van der Waals surface area contributed by atoms with Crippen LogP contribution in [0.25, 0.3) is 0 Å². The smallest absolute Gasteiger partial charge is 0.254 e. The highest BCUT2D eigenvalue weighted by molar-refractivity contribution is 6.30. The van der Waals surface area contributed by atoms with Gasteiger partial charge >= 0.3 is 0 Å². The highest BCUT2D eigenvalue weighted by Crippen LogP contribution is 2.35. The minimum atomic E-state index is 0.0117. The van der Waals surface area contributed by atoms with Gasteiger partial charge in [-0.25, -0.2) is 0 Å². The second kappa shape index (κ2) is 5.86. The first-order valence-corrected chi connectivity index (χ1v) is 7.53. The number of halogens is 1. The Morgan fingerprint density at radius 3 is 2.76 bits per heavy atom. The third kappa shape index (κ3) is 3.08. The normalized spacial score (nSPS) is 15.5. The van der Waals surface area contributed by atoms with Crippen LogP contribution in [-0.2, 0) is 0 Å². The molecular weight excluding hydrogens is 284 g/mol. The van der Waals surface area contributed by atoms with Gasteiger partial charge in [-0.15, -0.1) is 0 Å². The zero-order valence-electron chi connectivity index (χ0n) is 11.9. The molecule has 0 N–H and O–H groups in total. The van der Waals surface area contributed by atoms with Crippen LogP contribution in [0.4, 0.5) is 0 Å². The quantitative estimate of drug-likeness (QED) is 0.851. The number of nitrogens with zero attached hydrogens (tertiary/aromatic N) is 2. The zero-order chi connectivity index (χ0) is 14.8. The molecule has 4 heteroatoms. The fraction of sp³-hybridized carbons (Fsp3) is 0.294. The van der Waals surface area contributed by atoms with Crippen LogP contribution in [0, 0.1) is 0 Å². The summed E-state index contributed by atoms with van der Waals surface area (Å²) in [5.74, 6) is 0.0383. The number of amides is 1. The molecule has 0 saturated heterocycles. The molecule has 1 heterocycles. The lowest BCUT2D eigenvalue weighted by Crippen LogP contribution is -2.35. The number of carbonyl (C=O) groups is 1. The number of hydrogen-bond donors (Lipinski definition) is 0. The summed E-state index contributed by atoms with van der Waals surface area (Å²) < 4.78 is 0. The van der Waals surface area contributed by atoms with E-state index in [0.29, 0.717) is 16.6 Å². The molecule has 1 aromatic heterocycles. The molecule has 1 atom stereocenters. The molecule has 108 valence electrons. The van der Waals surface area contributed by atoms with E-state index in [4.69, 9.17) is 11.6 Å². The number of pyridine rings is 1. The van der Waals surface area contributed by atoms with Crippen molar-refractivity contribution >= 4 is 17.5 Å². The maximum absolute atomic E-state index is 12.8. The van der Waals surface area contributed by atoms with Crippen LogP contribution in [0.1, 0.15) is 41.7 Å². The van der Waals surface area contributed by atoms with Crippen LogP contribution >= 0.6 is 11.6 Å². The Morgan fingerprint density at radius 2 is 2.14 bits per heavy atom. The fourth-order valence-corrected chi connectivity index (χ4v) is 2.76. The number of rotatable bonds is 4. The molecule has 1 fully saturated rings. The van der Waals surface area contributed by atoms with Crippen molar-refractivity contribution in [2.24, 2.45) is 0 Å². The summed E-state index contributed by atoms with van der Waals surface area (Å²) in [5.41, 5.74) is 1.70. The Bertz CT molecular complexity index is 640. The lowest BCUT2D eigenvalue weighted by Gasteiger charge is -2.29. The fourth-order valence-electron chi connectivity index (χ4n) is 2.56. The van der Waals surface area contributed by atoms with Crippen LogP contribution in [0.2, 0.25) is 5.02 Å². The first-order valence-electron chi connectivity index (χ1n) is 7.15. The zero-order valence-corrected chi connectivity index (χ0v) is 12.6. The molecule has 0 radical (unpaired) electrons. The third-order valence-electron chi connectivity index (χ3n) is 3.83. The Kier molecular flexibility index (Phi) is 3.93. The molecule has 1 aliphatic rings. The van der Waals surface area contributed by atoms with Gasteiger partial charge in [0.15, 0.2) is 0 Å². The van der Waals surface area contributed by atoms with Crippen molar-refractivity contribution in [3.63, 3.8) is 0 Å². The highest BCUT2D eigenvalue weighted by atomic mass is 35.5. The van der Waals surface area contributed by atoms with Crippen LogP contribution in [0.15, 0.2) is 48.8 Å². The van der Waals surface area contributed by atoms with Gasteiger partial charge in [-0.3, -0.25) is 9.78 Å². The molecule has 2 aromatic rings. The van der Waals surface area contributed by atoms with Crippen LogP contribution in [0.3, 0.4) is 0 Å². The predicted octanol–water partition coefficient (Wildman–Crippen LogP) is 4.10. The van der Waals surface area contributed by atoms with Gasteiger partial charge in [-0.1, -0.05) is 23.7 Å². The van der Waals surface area contributed by atoms with Crippen molar-refractivity contribution in [1.29, 1.82) is 0 Å². The first kappa shape index (κ1) is 14.1. The molecule has 3 rings (SSSR count). The monoisotopic (exact) mass is 300 g/mol. The molecule has 1 amide bonds. The van der Waals surface area contributed by atoms with Crippen molar-refractivity contribution < 1.29 is 4.79 Å². The molecule has 1 aliphatic carbocycles. The molecule has 3 nitrogen and oxygen atoms in total. The minimum absolute atomic E-state index is 0.0117. The van der Waals surface area contributed by atoms with Gasteiger partial charge in [0.05, 0.1) is 6.04 Å². The largest absolute Gasteiger partial charge is 0.329 e. The van der Waals surface area contributed by atoms with Gasteiger partial charge in [-0.2, -0.15) is 0 Å². The van der Waals surface area contributed by atoms with Crippen molar-refractivity contribution in [2.75, 3.05) is 0 Å². The van der Waals surface area contributed by atoms with Gasteiger partial charge in [0.1, 0.15) is 0 Å². The summed E-state index contributed by atoms with van der Waals surface area (Å²) in [4.78, 5) is 19.0. The summed E-state index contributed by atoms with van der Waals surface area (Å²) in [5, 5.41) is 0.589. The molecular formula is C17H17ClN2O. The van der Waals surface area contributed by atoms with Gasteiger partial charge in [0.2, 0.25) is 0 Å². The molecule has 21 heavy (non-hydrogen) atoms. The summed E-state index contributed by atoms with van der Waals surface area (Å²) in [6.07, 6.45) is 5.70. The molecule has 1 aromatic carbocycles. The third-order valence-corrected chi connectivity index (χ3v) is 4.07. The minimum Gasteiger partial charge on any atom is -0.329 e. The van der Waals surface area contributed by atoms with Gasteiger partial charge < -0.3 is 4.90 Å². The van der Waals surface area contributed by atoms with Crippen molar-refractivity contribution in [3.8, 4) is 0 Å². The van der Waals surface area contributed by atoms with Crippen molar-refractivity contribution in [2.45, 2.75) is 31.8 Å². The summed E-state index contributed by atoms with van der Waals surface area (Å²) >= 11 is 6.00. The van der Waals surface area contributed by atoms with E-state index >= 15 is 0 Å². The van der Waals surface area contributed by atoms with E-state index in [1.807, 2.05) is 35.4 Å². The van der Waals surface area contributed by atoms with Crippen molar-refractivity contribution in [1.82, 2.24) is 9.88 Å². The van der Waals surface area contributed by atoms with Gasteiger partial charge in [0.25, 0.3) is 5.91 Å². The number of carbonyl (C=O) groups excluding carboxylic acids is 1. The van der Waals surface area contributed by atoms with Crippen LogP contribution in [-0.4, -0.2) is 21.8 Å². The average molecular weight is 301 g/mol. The average Bonchev–Trinajstić information content (AvgIpc) is 3.33. The lowest BCUT2D eigenvalue weighted by molar-refractivity contribution is 0.0673. The molecule has 1 unspecified atom stereocenters. The predicted molar refractivity (Wildman–Crippen MR) is 83.3 cm³/mol. The Morgan fingerprint density at radius 1 is 1.33 bits per heavy atom. The maximum Gasteiger partial charge on any atom is 0.254 e. The maximum atomic E-state index is 12.8. The Labute approximate surface area is 129 Å². The number of hydrogen-bond acceptors (Lipinski definition) is 2. The summed E-state index contributed by atoms with van der Waals surface area (Å²) in [6.45, 7) is 2.05. The second-order valence-electron chi connectivity index (χ2n) is 5.42. The lowest BCUT2D eigenvalue weighted by atomic mass is 10.1. The Balaban J connectivity index is 1.90. The number of benzene rings is 1. The highest BCUT2D eigenvalue weighted by Gasteiger charge is 2.36. The Hall–Kier alpha value is -1.87. The second-order valence-corrected chi connectivity index (χ2v) is 5.85. The molecule has 0 bridgehead atoms. The van der Waals surface area contributed by atoms with E-state index in [1.165, 1.54) is 0 Å². The SMILES string of the molecule is CC(c1cccnc1)N(C(=O)c1cccc(Cl)c1)C1CC1. The first-order chi connectivity index (χ1) is 10.2. The van der Waals surface area contributed by atoms with E-state index in [-0.39, 0.29) is 11.9 Å². The standard InChI is InChI=1S/C17H17ClN2O/c1-12(14-5-3-9-19-11-14)20(16-7-8-16)17(21)13-4-2-6-15(18)10-13/h2-6,9-12,16H,7-8H2,1H3. The topological polar surface area (TPSA) is 33.2 Å². The number of aromatic nitrogens is 1. The summed E-state index contributed by atoms with van der Waals surface area (Å²) in [6, 6.07) is 11.4. The van der Waals surface area contributed by atoms with Gasteiger partial charge in [0, 0.05) is 29.0 Å².